The Labute approximate surface area is 90.3 Å². The molecule has 0 fully saturated rings. The van der Waals surface area contributed by atoms with E-state index in [1.54, 1.807) is 0 Å². The van der Waals surface area contributed by atoms with Crippen LogP contribution in [0.1, 0.15) is 10.4 Å². The molecule has 0 saturated heterocycles. The van der Waals surface area contributed by atoms with Crippen molar-refractivity contribution in [1.29, 1.82) is 0 Å². The summed E-state index contributed by atoms with van der Waals surface area (Å²) >= 11 is 0. The van der Waals surface area contributed by atoms with E-state index < -0.39 is 24.2 Å². The van der Waals surface area contributed by atoms with Crippen molar-refractivity contribution >= 4 is 17.5 Å². The third kappa shape index (κ3) is 3.21. The van der Waals surface area contributed by atoms with Crippen LogP contribution < -0.4 is 16.9 Å². The molecule has 7 heteroatoms. The van der Waals surface area contributed by atoms with Crippen molar-refractivity contribution in [3.05, 3.63) is 29.6 Å². The second-order valence-corrected chi connectivity index (χ2v) is 2.92. The number of hydrogen-bond donors (Lipinski definition) is 3. The Bertz CT molecular complexity index is 422. The zero-order chi connectivity index (χ0) is 12.1. The van der Waals surface area contributed by atoms with E-state index in [2.05, 4.69) is 4.84 Å². The van der Waals surface area contributed by atoms with Gasteiger partial charge in [-0.15, -0.1) is 0 Å². The minimum absolute atomic E-state index is 0.0276. The van der Waals surface area contributed by atoms with E-state index in [-0.39, 0.29) is 11.3 Å². The van der Waals surface area contributed by atoms with Crippen LogP contribution in [0.3, 0.4) is 0 Å². The van der Waals surface area contributed by atoms with Gasteiger partial charge in [-0.25, -0.2) is 9.87 Å². The topological polar surface area (TPSA) is 107 Å². The second kappa shape index (κ2) is 5.08. The Morgan fingerprint density at radius 1 is 1.44 bits per heavy atom. The van der Waals surface area contributed by atoms with E-state index >= 15 is 0 Å². The molecule has 1 rings (SSSR count). The molecule has 0 unspecified atom stereocenters. The van der Waals surface area contributed by atoms with E-state index in [1.165, 1.54) is 6.07 Å². The molecular weight excluding hydrogens is 217 g/mol. The number of hydroxylamine groups is 1. The first-order valence-corrected chi connectivity index (χ1v) is 4.26. The maximum Gasteiger partial charge on any atom is 0.276 e. The smallest absolute Gasteiger partial charge is 0.276 e. The van der Waals surface area contributed by atoms with Crippen molar-refractivity contribution in [1.82, 2.24) is 5.48 Å². The molecule has 86 valence electrons. The van der Waals surface area contributed by atoms with Gasteiger partial charge in [-0.3, -0.25) is 14.4 Å². The van der Waals surface area contributed by atoms with Gasteiger partial charge in [0.25, 0.3) is 5.91 Å². The summed E-state index contributed by atoms with van der Waals surface area (Å²) < 4.78 is 12.7. The van der Waals surface area contributed by atoms with Gasteiger partial charge >= 0.3 is 0 Å². The first-order chi connectivity index (χ1) is 7.50. The number of nitrogens with two attached hydrogens (primary N) is 2. The Balaban J connectivity index is 2.63. The summed E-state index contributed by atoms with van der Waals surface area (Å²) in [4.78, 5) is 26.1. The minimum atomic E-state index is -0.729. The lowest BCUT2D eigenvalue weighted by atomic mass is 10.2. The summed E-state index contributed by atoms with van der Waals surface area (Å²) in [6.45, 7) is -0.452. The fourth-order valence-electron chi connectivity index (χ4n) is 0.968. The Kier molecular flexibility index (Phi) is 3.78. The molecule has 6 nitrogen and oxygen atoms in total. The number of nitrogen functional groups attached to an aromatic ring is 1. The predicted molar refractivity (Wildman–Crippen MR) is 53.4 cm³/mol. The minimum Gasteiger partial charge on any atom is -0.398 e. The largest absolute Gasteiger partial charge is 0.398 e. The molecule has 1 aromatic carbocycles. The molecule has 0 aliphatic heterocycles. The summed E-state index contributed by atoms with van der Waals surface area (Å²) in [6.07, 6.45) is 0. The number of amides is 2. The zero-order valence-corrected chi connectivity index (χ0v) is 8.20. The van der Waals surface area contributed by atoms with Crippen LogP contribution in [-0.4, -0.2) is 18.4 Å². The number of carbonyl (C=O) groups is 2. The molecule has 0 spiro atoms. The average Bonchev–Trinajstić information content (AvgIpc) is 2.16. The summed E-state index contributed by atoms with van der Waals surface area (Å²) in [5.74, 6) is -1.96. The summed E-state index contributed by atoms with van der Waals surface area (Å²) in [7, 11) is 0. The quantitative estimate of drug-likeness (QED) is 0.478. The summed E-state index contributed by atoms with van der Waals surface area (Å²) in [6, 6.07) is 3.29. The Morgan fingerprint density at radius 3 is 2.69 bits per heavy atom. The van der Waals surface area contributed by atoms with E-state index in [0.717, 1.165) is 12.1 Å². The highest BCUT2D eigenvalue weighted by molar-refractivity contribution is 5.98. The SMILES string of the molecule is NC(=O)CONC(=O)c1ccc(F)cc1N. The fourth-order valence-corrected chi connectivity index (χ4v) is 0.968. The van der Waals surface area contributed by atoms with Crippen LogP contribution in [0.25, 0.3) is 0 Å². The van der Waals surface area contributed by atoms with Gasteiger partial charge in [0.2, 0.25) is 5.91 Å². The van der Waals surface area contributed by atoms with Crippen molar-refractivity contribution in [3.8, 4) is 0 Å². The Hall–Kier alpha value is -2.15. The lowest BCUT2D eigenvalue weighted by Crippen LogP contribution is -2.29. The van der Waals surface area contributed by atoms with Gasteiger partial charge in [-0.05, 0) is 18.2 Å². The van der Waals surface area contributed by atoms with Crippen LogP contribution in [0.5, 0.6) is 0 Å². The van der Waals surface area contributed by atoms with Crippen molar-refractivity contribution in [2.24, 2.45) is 5.73 Å². The number of nitrogens with one attached hydrogen (secondary N) is 1. The highest BCUT2D eigenvalue weighted by atomic mass is 19.1. The van der Waals surface area contributed by atoms with Crippen molar-refractivity contribution in [2.45, 2.75) is 0 Å². The molecule has 0 saturated carbocycles. The van der Waals surface area contributed by atoms with E-state index in [9.17, 15) is 14.0 Å². The van der Waals surface area contributed by atoms with Crippen molar-refractivity contribution in [3.63, 3.8) is 0 Å². The predicted octanol–water partition coefficient (Wildman–Crippen LogP) is -0.445. The lowest BCUT2D eigenvalue weighted by Gasteiger charge is -2.06. The third-order valence-electron chi connectivity index (χ3n) is 1.64. The number of halogens is 1. The molecule has 0 radical (unpaired) electrons. The summed E-state index contributed by atoms with van der Waals surface area (Å²) in [5.41, 5.74) is 12.2. The average molecular weight is 227 g/mol. The first kappa shape index (κ1) is 11.9. The first-order valence-electron chi connectivity index (χ1n) is 4.26. The van der Waals surface area contributed by atoms with Crippen LogP contribution >= 0.6 is 0 Å². The monoisotopic (exact) mass is 227 g/mol. The number of benzene rings is 1. The lowest BCUT2D eigenvalue weighted by molar-refractivity contribution is -0.124. The molecule has 0 aliphatic rings. The Morgan fingerprint density at radius 2 is 2.12 bits per heavy atom. The number of primary amides is 1. The molecule has 0 bridgehead atoms. The summed E-state index contributed by atoms with van der Waals surface area (Å²) in [5, 5.41) is 0. The van der Waals surface area contributed by atoms with Gasteiger partial charge in [-0.1, -0.05) is 0 Å². The third-order valence-corrected chi connectivity index (χ3v) is 1.64. The second-order valence-electron chi connectivity index (χ2n) is 2.92. The molecule has 5 N–H and O–H groups in total. The van der Waals surface area contributed by atoms with Crippen LogP contribution in [0.4, 0.5) is 10.1 Å². The van der Waals surface area contributed by atoms with Crippen molar-refractivity contribution in [2.75, 3.05) is 12.3 Å². The molecule has 16 heavy (non-hydrogen) atoms. The van der Waals surface area contributed by atoms with E-state index in [0.29, 0.717) is 0 Å². The van der Waals surface area contributed by atoms with E-state index in [1.807, 2.05) is 5.48 Å². The molecule has 0 aliphatic carbocycles. The van der Waals surface area contributed by atoms with Gasteiger partial charge in [0, 0.05) is 5.69 Å². The number of hydrogen-bond acceptors (Lipinski definition) is 4. The van der Waals surface area contributed by atoms with Crippen LogP contribution in [0, 0.1) is 5.82 Å². The standard InChI is InChI=1S/C9H10FN3O3/c10-5-1-2-6(7(11)3-5)9(15)13-16-4-8(12)14/h1-3H,4,11H2,(H2,12,14)(H,13,15). The van der Waals surface area contributed by atoms with Gasteiger partial charge in [0.1, 0.15) is 5.82 Å². The highest BCUT2D eigenvalue weighted by Crippen LogP contribution is 2.12. The maximum absolute atomic E-state index is 12.7. The van der Waals surface area contributed by atoms with E-state index in [4.69, 9.17) is 11.5 Å². The van der Waals surface area contributed by atoms with Gasteiger partial charge < -0.3 is 11.5 Å². The normalized spacial score (nSPS) is 9.81. The van der Waals surface area contributed by atoms with Crippen LogP contribution in [-0.2, 0) is 9.63 Å². The fraction of sp³-hybridized carbons (Fsp3) is 0.111. The van der Waals surface area contributed by atoms with Gasteiger partial charge in [0.15, 0.2) is 6.61 Å². The molecular formula is C9H10FN3O3. The number of carbonyl (C=O) groups excluding carboxylic acids is 2. The van der Waals surface area contributed by atoms with Crippen LogP contribution in [0.15, 0.2) is 18.2 Å². The number of anilines is 1. The maximum atomic E-state index is 12.7. The van der Waals surface area contributed by atoms with Crippen LogP contribution in [0.2, 0.25) is 0 Å². The molecule has 0 heterocycles. The molecule has 0 atom stereocenters. The molecule has 0 aromatic heterocycles. The zero-order valence-electron chi connectivity index (χ0n) is 8.20. The van der Waals surface area contributed by atoms with Gasteiger partial charge in [0.05, 0.1) is 5.56 Å². The van der Waals surface area contributed by atoms with Crippen molar-refractivity contribution < 1.29 is 18.8 Å². The molecule has 2 amide bonds. The highest BCUT2D eigenvalue weighted by Gasteiger charge is 2.10. The molecule has 1 aromatic rings. The number of rotatable bonds is 4. The van der Waals surface area contributed by atoms with Gasteiger partial charge in [-0.2, -0.15) is 0 Å².